The molecule has 0 radical (unpaired) electrons. The molecule has 0 atom stereocenters. The first-order valence-corrected chi connectivity index (χ1v) is 9.80. The Morgan fingerprint density at radius 2 is 1.84 bits per heavy atom. The first kappa shape index (κ1) is 21.8. The average molecular weight is 423 g/mol. The van der Waals surface area contributed by atoms with E-state index >= 15 is 0 Å². The van der Waals surface area contributed by atoms with Crippen molar-refractivity contribution in [1.29, 1.82) is 0 Å². The van der Waals surface area contributed by atoms with E-state index in [1.54, 1.807) is 4.90 Å². The second kappa shape index (κ2) is 10.3. The van der Waals surface area contributed by atoms with Crippen LogP contribution in [-0.2, 0) is 25.7 Å². The second-order valence-electron chi connectivity index (χ2n) is 6.90. The minimum absolute atomic E-state index is 0.0839. The Bertz CT molecular complexity index is 991. The predicted molar refractivity (Wildman–Crippen MR) is 117 cm³/mol. The Kier molecular flexibility index (Phi) is 7.23. The maximum absolute atomic E-state index is 13.1. The summed E-state index contributed by atoms with van der Waals surface area (Å²) in [6.07, 6.45) is 0.711. The summed E-state index contributed by atoms with van der Waals surface area (Å²) in [4.78, 5) is 35.9. The van der Waals surface area contributed by atoms with Crippen molar-refractivity contribution < 1.29 is 19.1 Å². The largest absolute Gasteiger partial charge is 0.466 e. The molecule has 2 amide bonds. The van der Waals surface area contributed by atoms with Crippen LogP contribution in [0.5, 0.6) is 0 Å². The molecule has 0 aromatic heterocycles. The molecule has 5 N–H and O–H groups in total. The number of hydrazine groups is 1. The number of anilines is 1. The molecule has 2 aromatic rings. The third kappa shape index (κ3) is 4.84. The van der Waals surface area contributed by atoms with E-state index < -0.39 is 0 Å². The third-order valence-electron chi connectivity index (χ3n) is 5.01. The number of ether oxygens (including phenoxy) is 1. The lowest BCUT2D eigenvalue weighted by atomic mass is 9.95. The van der Waals surface area contributed by atoms with Crippen LogP contribution in [0.15, 0.2) is 48.5 Å². The number of hydrogen-bond donors (Lipinski definition) is 3. The summed E-state index contributed by atoms with van der Waals surface area (Å²) in [5, 5.41) is 3.95. The van der Waals surface area contributed by atoms with Gasteiger partial charge in [0.2, 0.25) is 12.3 Å². The van der Waals surface area contributed by atoms with Gasteiger partial charge >= 0.3 is 0 Å². The number of para-hydroxylation sites is 1. The van der Waals surface area contributed by atoms with Crippen LogP contribution in [0.4, 0.5) is 5.69 Å². The Morgan fingerprint density at radius 1 is 1.13 bits per heavy atom. The summed E-state index contributed by atoms with van der Waals surface area (Å²) >= 11 is 0. The molecule has 1 heterocycles. The highest BCUT2D eigenvalue weighted by Gasteiger charge is 2.27. The van der Waals surface area contributed by atoms with Crippen LogP contribution in [0.25, 0.3) is 11.4 Å². The average Bonchev–Trinajstić information content (AvgIpc) is 2.77. The van der Waals surface area contributed by atoms with E-state index in [2.05, 4.69) is 5.32 Å². The number of carbonyl (C=O) groups excluding carboxylic acids is 3. The van der Waals surface area contributed by atoms with Crippen molar-refractivity contribution in [2.24, 2.45) is 11.6 Å². The van der Waals surface area contributed by atoms with E-state index in [-0.39, 0.29) is 32.0 Å². The van der Waals surface area contributed by atoms with Crippen molar-refractivity contribution in [1.82, 2.24) is 10.3 Å². The molecule has 1 aliphatic rings. The molecular weight excluding hydrogens is 398 g/mol. The number of amides is 2. The number of benzene rings is 2. The van der Waals surface area contributed by atoms with Gasteiger partial charge in [0.1, 0.15) is 6.61 Å². The van der Waals surface area contributed by atoms with Crippen LogP contribution in [-0.4, -0.2) is 43.5 Å². The quantitative estimate of drug-likeness (QED) is 0.235. The highest BCUT2D eigenvalue weighted by atomic mass is 16.5. The van der Waals surface area contributed by atoms with Crippen molar-refractivity contribution in [3.63, 3.8) is 0 Å². The van der Waals surface area contributed by atoms with E-state index in [0.717, 1.165) is 11.1 Å². The Morgan fingerprint density at radius 3 is 2.58 bits per heavy atom. The first-order valence-electron chi connectivity index (χ1n) is 9.80. The summed E-state index contributed by atoms with van der Waals surface area (Å²) in [5.41, 5.74) is 10.5. The zero-order chi connectivity index (χ0) is 22.2. The van der Waals surface area contributed by atoms with Crippen LogP contribution in [0.3, 0.4) is 0 Å². The van der Waals surface area contributed by atoms with Gasteiger partial charge in [-0.15, -0.1) is 0 Å². The zero-order valence-electron chi connectivity index (χ0n) is 17.0. The molecule has 31 heavy (non-hydrogen) atoms. The molecule has 0 unspecified atom stereocenters. The summed E-state index contributed by atoms with van der Waals surface area (Å²) in [5.74, 6) is 6.19. The van der Waals surface area contributed by atoms with Crippen molar-refractivity contribution in [3.8, 4) is 0 Å². The van der Waals surface area contributed by atoms with Crippen molar-refractivity contribution in [2.75, 3.05) is 24.6 Å². The van der Waals surface area contributed by atoms with E-state index in [1.807, 2.05) is 48.5 Å². The highest BCUT2D eigenvalue weighted by Crippen LogP contribution is 2.36. The van der Waals surface area contributed by atoms with Gasteiger partial charge in [-0.1, -0.05) is 42.5 Å². The maximum Gasteiger partial charge on any atom is 0.293 e. The lowest BCUT2D eigenvalue weighted by Crippen LogP contribution is -2.38. The van der Waals surface area contributed by atoms with Gasteiger partial charge in [-0.05, 0) is 11.6 Å². The Hall–Kier alpha value is -3.85. The molecule has 0 spiro atoms. The van der Waals surface area contributed by atoms with Gasteiger partial charge in [0.25, 0.3) is 6.47 Å². The van der Waals surface area contributed by atoms with Gasteiger partial charge in [0.15, 0.2) is 0 Å². The minimum atomic E-state index is -0.149. The van der Waals surface area contributed by atoms with Crippen LogP contribution >= 0.6 is 0 Å². The molecule has 2 aromatic carbocycles. The fourth-order valence-electron chi connectivity index (χ4n) is 3.57. The molecule has 0 saturated carbocycles. The number of rotatable bonds is 9. The van der Waals surface area contributed by atoms with Crippen LogP contribution in [0.2, 0.25) is 0 Å². The number of hydrogen-bond acceptors (Lipinski definition) is 7. The fourth-order valence-corrected chi connectivity index (χ4v) is 3.57. The minimum Gasteiger partial charge on any atom is -0.466 e. The van der Waals surface area contributed by atoms with Gasteiger partial charge in [-0.25, -0.2) is 5.84 Å². The Balaban J connectivity index is 2.13. The molecule has 9 heteroatoms. The third-order valence-corrected chi connectivity index (χ3v) is 5.01. The highest BCUT2D eigenvalue weighted by molar-refractivity contribution is 6.01. The van der Waals surface area contributed by atoms with Crippen molar-refractivity contribution in [3.05, 3.63) is 65.2 Å². The number of carbonyl (C=O) groups is 3. The number of nitrogens with two attached hydrogens (primary N) is 2. The molecule has 1 aliphatic heterocycles. The van der Waals surface area contributed by atoms with Gasteiger partial charge in [0, 0.05) is 24.1 Å². The van der Waals surface area contributed by atoms with Gasteiger partial charge in [0.05, 0.1) is 30.2 Å². The topological polar surface area (TPSA) is 131 Å². The van der Waals surface area contributed by atoms with Gasteiger partial charge in [-0.2, -0.15) is 0 Å². The maximum atomic E-state index is 13.1. The van der Waals surface area contributed by atoms with E-state index in [1.165, 1.54) is 5.01 Å². The molecule has 9 nitrogen and oxygen atoms in total. The molecule has 0 saturated heterocycles. The van der Waals surface area contributed by atoms with Crippen LogP contribution in [0.1, 0.15) is 23.1 Å². The fraction of sp³-hybridized carbons (Fsp3) is 0.227. The molecule has 162 valence electrons. The Labute approximate surface area is 180 Å². The van der Waals surface area contributed by atoms with Crippen molar-refractivity contribution in [2.45, 2.75) is 13.0 Å². The summed E-state index contributed by atoms with van der Waals surface area (Å²) in [7, 11) is 0. The van der Waals surface area contributed by atoms with Crippen molar-refractivity contribution >= 4 is 35.9 Å². The molecule has 0 aliphatic carbocycles. The smallest absolute Gasteiger partial charge is 0.293 e. The zero-order valence-corrected chi connectivity index (χ0v) is 17.0. The standard InChI is InChI=1S/C22H25N5O4/c23-21-17-6-2-1-5-16(17)13-26(20(30)9-10-25-14-28)19-8-4-3-7-18(19)22(21)27(24)11-12-31-15-29/h1-8,14-15H,9-13,23-24H2,(H,25,28)/b22-21-. The van der Waals surface area contributed by atoms with Gasteiger partial charge in [-0.3, -0.25) is 14.4 Å². The molecule has 3 rings (SSSR count). The summed E-state index contributed by atoms with van der Waals surface area (Å²) in [6.45, 7) is 1.21. The van der Waals surface area contributed by atoms with Crippen LogP contribution < -0.4 is 21.8 Å². The molecule has 0 fully saturated rings. The number of fused-ring (bicyclic) bond motifs is 2. The summed E-state index contributed by atoms with van der Waals surface area (Å²) < 4.78 is 4.79. The van der Waals surface area contributed by atoms with Gasteiger partial charge < -0.3 is 25.7 Å². The monoisotopic (exact) mass is 423 g/mol. The lowest BCUT2D eigenvalue weighted by molar-refractivity contribution is -0.129. The molecular formula is C22H25N5O4. The van der Waals surface area contributed by atoms with Crippen LogP contribution in [0, 0.1) is 0 Å². The SMILES string of the molecule is N/C1=C(\N(N)CCOC=O)c2ccccc2N(C(=O)CCNC=O)Cc2ccccc21. The second-order valence-corrected chi connectivity index (χ2v) is 6.90. The molecule has 0 bridgehead atoms. The number of nitrogens with zero attached hydrogens (tertiary/aromatic N) is 2. The normalized spacial score (nSPS) is 15.1. The van der Waals surface area contributed by atoms with E-state index in [9.17, 15) is 14.4 Å². The first-order chi connectivity index (χ1) is 15.1. The lowest BCUT2D eigenvalue weighted by Gasteiger charge is -2.33. The summed E-state index contributed by atoms with van der Waals surface area (Å²) in [6, 6.07) is 14.9. The predicted octanol–water partition coefficient (Wildman–Crippen LogP) is 0.803. The number of nitrogens with one attached hydrogen (secondary N) is 1. The van der Waals surface area contributed by atoms with E-state index in [4.69, 9.17) is 16.3 Å². The van der Waals surface area contributed by atoms with E-state index in [0.29, 0.717) is 42.1 Å².